The van der Waals surface area contributed by atoms with E-state index in [1.54, 1.807) is 0 Å². The highest BCUT2D eigenvalue weighted by atomic mass is 16.5. The number of hydrogen-bond donors (Lipinski definition) is 1. The van der Waals surface area contributed by atoms with Gasteiger partial charge in [-0.05, 0) is 45.1 Å². The lowest BCUT2D eigenvalue weighted by atomic mass is 9.76. The van der Waals surface area contributed by atoms with Gasteiger partial charge in [-0.25, -0.2) is 0 Å². The molecule has 1 aliphatic heterocycles. The first kappa shape index (κ1) is 14.3. The van der Waals surface area contributed by atoms with Crippen molar-refractivity contribution in [2.24, 2.45) is 17.6 Å². The van der Waals surface area contributed by atoms with Gasteiger partial charge in [0, 0.05) is 19.1 Å². The van der Waals surface area contributed by atoms with E-state index in [0.717, 1.165) is 25.6 Å². The first-order valence-electron chi connectivity index (χ1n) is 7.73. The Hall–Kier alpha value is -0.120. The molecule has 3 heteroatoms. The molecule has 5 atom stereocenters. The van der Waals surface area contributed by atoms with E-state index in [4.69, 9.17) is 10.5 Å². The van der Waals surface area contributed by atoms with Crippen LogP contribution in [0.25, 0.3) is 0 Å². The van der Waals surface area contributed by atoms with Crippen LogP contribution >= 0.6 is 0 Å². The third-order valence-corrected chi connectivity index (χ3v) is 4.86. The van der Waals surface area contributed by atoms with Crippen LogP contribution in [0.3, 0.4) is 0 Å². The summed E-state index contributed by atoms with van der Waals surface area (Å²) in [4.78, 5) is 2.66. The summed E-state index contributed by atoms with van der Waals surface area (Å²) in [6, 6.07) is 0.697. The van der Waals surface area contributed by atoms with Crippen LogP contribution in [0, 0.1) is 11.8 Å². The van der Waals surface area contributed by atoms with Gasteiger partial charge in [-0.1, -0.05) is 19.8 Å². The van der Waals surface area contributed by atoms with Gasteiger partial charge < -0.3 is 10.5 Å². The summed E-state index contributed by atoms with van der Waals surface area (Å²) in [5, 5.41) is 0. The molecule has 18 heavy (non-hydrogen) atoms. The second-order valence-corrected chi connectivity index (χ2v) is 6.36. The van der Waals surface area contributed by atoms with Gasteiger partial charge in [0.2, 0.25) is 0 Å². The largest absolute Gasteiger partial charge is 0.373 e. The smallest absolute Gasteiger partial charge is 0.0678 e. The molecule has 1 saturated carbocycles. The van der Waals surface area contributed by atoms with E-state index < -0.39 is 0 Å². The Labute approximate surface area is 112 Å². The Morgan fingerprint density at radius 3 is 2.39 bits per heavy atom. The summed E-state index contributed by atoms with van der Waals surface area (Å²) in [6.07, 6.45) is 6.11. The minimum absolute atomic E-state index is 0.370. The average Bonchev–Trinajstić information content (AvgIpc) is 2.36. The van der Waals surface area contributed by atoms with E-state index >= 15 is 0 Å². The Morgan fingerprint density at radius 2 is 1.83 bits per heavy atom. The second kappa shape index (κ2) is 6.36. The summed E-state index contributed by atoms with van der Waals surface area (Å²) in [6.45, 7) is 9.74. The molecule has 1 saturated heterocycles. The molecule has 0 amide bonds. The molecule has 0 spiro atoms. The number of nitrogens with two attached hydrogens (primary N) is 1. The van der Waals surface area contributed by atoms with Crippen molar-refractivity contribution in [1.82, 2.24) is 4.90 Å². The molecule has 0 bridgehead atoms. The van der Waals surface area contributed by atoms with Gasteiger partial charge in [0.15, 0.2) is 0 Å². The highest BCUT2D eigenvalue weighted by Crippen LogP contribution is 2.34. The summed E-state index contributed by atoms with van der Waals surface area (Å²) in [5.74, 6) is 1.61. The number of hydrogen-bond acceptors (Lipinski definition) is 3. The Kier molecular flexibility index (Phi) is 5.05. The highest BCUT2D eigenvalue weighted by Gasteiger charge is 2.36. The molecular formula is C15H30N2O. The second-order valence-electron chi connectivity index (χ2n) is 6.36. The maximum absolute atomic E-state index is 6.00. The van der Waals surface area contributed by atoms with Gasteiger partial charge in [0.25, 0.3) is 0 Å². The van der Waals surface area contributed by atoms with Crippen LogP contribution in [0.5, 0.6) is 0 Å². The van der Waals surface area contributed by atoms with E-state index in [1.165, 1.54) is 25.7 Å². The predicted octanol–water partition coefficient (Wildman–Crippen LogP) is 2.25. The Morgan fingerprint density at radius 1 is 1.17 bits per heavy atom. The van der Waals surface area contributed by atoms with E-state index in [0.29, 0.717) is 24.2 Å². The fraction of sp³-hybridized carbons (Fsp3) is 1.00. The lowest BCUT2D eigenvalue weighted by molar-refractivity contribution is -0.0939. The molecule has 0 aromatic rings. The molecule has 106 valence electrons. The van der Waals surface area contributed by atoms with E-state index in [9.17, 15) is 0 Å². The van der Waals surface area contributed by atoms with Gasteiger partial charge in [-0.2, -0.15) is 0 Å². The lowest BCUT2D eigenvalue weighted by Gasteiger charge is -2.46. The Balaban J connectivity index is 2.02. The van der Waals surface area contributed by atoms with Crippen molar-refractivity contribution in [2.75, 3.05) is 19.6 Å². The maximum atomic E-state index is 6.00. The van der Waals surface area contributed by atoms with Crippen molar-refractivity contribution in [3.8, 4) is 0 Å². The third-order valence-electron chi connectivity index (χ3n) is 4.86. The van der Waals surface area contributed by atoms with E-state index in [1.807, 2.05) is 0 Å². The predicted molar refractivity (Wildman–Crippen MR) is 75.5 cm³/mol. The van der Waals surface area contributed by atoms with Crippen LogP contribution in [0.4, 0.5) is 0 Å². The van der Waals surface area contributed by atoms with Gasteiger partial charge in [0.05, 0.1) is 12.2 Å². The van der Waals surface area contributed by atoms with Gasteiger partial charge in [0.1, 0.15) is 0 Å². The third kappa shape index (κ3) is 3.25. The minimum atomic E-state index is 0.370. The first-order valence-corrected chi connectivity index (χ1v) is 7.73. The van der Waals surface area contributed by atoms with Crippen LogP contribution < -0.4 is 5.73 Å². The van der Waals surface area contributed by atoms with Crippen molar-refractivity contribution in [3.05, 3.63) is 0 Å². The number of rotatable bonds is 3. The van der Waals surface area contributed by atoms with Crippen LogP contribution in [0.2, 0.25) is 0 Å². The molecule has 0 radical (unpaired) electrons. The monoisotopic (exact) mass is 254 g/mol. The maximum Gasteiger partial charge on any atom is 0.0678 e. The zero-order valence-electron chi connectivity index (χ0n) is 12.3. The van der Waals surface area contributed by atoms with Crippen LogP contribution in [0.1, 0.15) is 46.5 Å². The number of morpholine rings is 1. The van der Waals surface area contributed by atoms with Crippen LogP contribution in [-0.4, -0.2) is 42.8 Å². The molecular weight excluding hydrogens is 224 g/mol. The Bertz CT molecular complexity index is 249. The molecule has 2 fully saturated rings. The van der Waals surface area contributed by atoms with Gasteiger partial charge >= 0.3 is 0 Å². The van der Waals surface area contributed by atoms with Crippen molar-refractivity contribution in [3.63, 3.8) is 0 Å². The van der Waals surface area contributed by atoms with E-state index in [-0.39, 0.29) is 0 Å². The van der Waals surface area contributed by atoms with Gasteiger partial charge in [-0.3, -0.25) is 4.90 Å². The molecule has 2 rings (SSSR count). The zero-order chi connectivity index (χ0) is 13.1. The minimum Gasteiger partial charge on any atom is -0.373 e. The normalized spacial score (nSPS) is 43.0. The summed E-state index contributed by atoms with van der Waals surface area (Å²) >= 11 is 0. The standard InChI is InChI=1S/C15H30N2O/c1-4-13-5-6-14(8-16)15(7-13)17-9-11(2)18-12(3)10-17/h11-15H,4-10,16H2,1-3H3/t11-,12+,13?,14?,15?. The molecule has 1 aliphatic carbocycles. The average molecular weight is 254 g/mol. The topological polar surface area (TPSA) is 38.5 Å². The highest BCUT2D eigenvalue weighted by molar-refractivity contribution is 4.89. The molecule has 2 aliphatic rings. The van der Waals surface area contributed by atoms with Crippen molar-refractivity contribution >= 4 is 0 Å². The molecule has 3 nitrogen and oxygen atoms in total. The van der Waals surface area contributed by atoms with Crippen molar-refractivity contribution in [1.29, 1.82) is 0 Å². The van der Waals surface area contributed by atoms with Crippen molar-refractivity contribution < 1.29 is 4.74 Å². The summed E-state index contributed by atoms with van der Waals surface area (Å²) < 4.78 is 5.86. The van der Waals surface area contributed by atoms with Crippen LogP contribution in [0.15, 0.2) is 0 Å². The molecule has 0 aromatic heterocycles. The fourth-order valence-electron chi connectivity index (χ4n) is 3.88. The van der Waals surface area contributed by atoms with Gasteiger partial charge in [-0.15, -0.1) is 0 Å². The van der Waals surface area contributed by atoms with E-state index in [2.05, 4.69) is 25.7 Å². The van der Waals surface area contributed by atoms with Crippen molar-refractivity contribution in [2.45, 2.75) is 64.7 Å². The molecule has 0 aromatic carbocycles. The lowest BCUT2D eigenvalue weighted by Crippen LogP contribution is -2.55. The molecule has 3 unspecified atom stereocenters. The van der Waals surface area contributed by atoms with Crippen LogP contribution in [-0.2, 0) is 4.74 Å². The first-order chi connectivity index (χ1) is 8.63. The number of ether oxygens (including phenoxy) is 1. The zero-order valence-corrected chi connectivity index (χ0v) is 12.3. The SMILES string of the molecule is CCC1CCC(CN)C(N2C[C@@H](C)O[C@@H](C)C2)C1. The summed E-state index contributed by atoms with van der Waals surface area (Å²) in [5.41, 5.74) is 6.00. The quantitative estimate of drug-likeness (QED) is 0.839. The summed E-state index contributed by atoms with van der Waals surface area (Å²) in [7, 11) is 0. The fourth-order valence-corrected chi connectivity index (χ4v) is 3.88. The number of nitrogens with zero attached hydrogens (tertiary/aromatic N) is 1. The molecule has 2 N–H and O–H groups in total. The molecule has 1 heterocycles.